The molecule has 0 bridgehead atoms. The van der Waals surface area contributed by atoms with Crippen molar-refractivity contribution >= 4 is 41.0 Å². The van der Waals surface area contributed by atoms with Gasteiger partial charge >= 0.3 is 0 Å². The molecule has 1 saturated heterocycles. The molecule has 1 aromatic heterocycles. The third-order valence-electron chi connectivity index (χ3n) is 5.59. The largest absolute Gasteiger partial charge is 0.497 e. The molecule has 0 radical (unpaired) electrons. The highest BCUT2D eigenvalue weighted by Crippen LogP contribution is 2.35. The molecule has 3 heterocycles. The molecule has 0 aliphatic carbocycles. The van der Waals surface area contributed by atoms with Gasteiger partial charge in [-0.25, -0.2) is 4.68 Å². The number of carbonyl (C=O) groups is 3. The Labute approximate surface area is 190 Å². The smallest absolute Gasteiger partial charge is 0.241 e. The first kappa shape index (κ1) is 22.2. The molecule has 1 aromatic carbocycles. The highest BCUT2D eigenvalue weighted by Gasteiger charge is 2.36. The number of fused-ring (bicyclic) bond motifs is 1. The first-order valence-electron chi connectivity index (χ1n) is 10.7. The Bertz CT molecular complexity index is 1040. The monoisotopic (exact) mass is 457 g/mol. The number of amides is 3. The minimum atomic E-state index is -0.490. The average molecular weight is 458 g/mol. The summed E-state index contributed by atoms with van der Waals surface area (Å²) in [7, 11) is 1.57. The average Bonchev–Trinajstić information content (AvgIpc) is 3.48. The lowest BCUT2D eigenvalue weighted by atomic mass is 10.1. The Hall–Kier alpha value is -3.01. The van der Waals surface area contributed by atoms with Gasteiger partial charge in [-0.3, -0.25) is 14.4 Å². The van der Waals surface area contributed by atoms with E-state index in [1.807, 2.05) is 25.1 Å². The number of carbonyl (C=O) groups excluding carboxylic acids is 3. The Morgan fingerprint density at radius 1 is 1.31 bits per heavy atom. The number of hydrogen-bond donors (Lipinski definition) is 2. The van der Waals surface area contributed by atoms with Crippen molar-refractivity contribution in [3.8, 4) is 5.75 Å². The zero-order valence-electron chi connectivity index (χ0n) is 18.2. The maximum absolute atomic E-state index is 13.1. The molecule has 9 nitrogen and oxygen atoms in total. The van der Waals surface area contributed by atoms with Crippen molar-refractivity contribution in [1.29, 1.82) is 0 Å². The number of thioether (sulfide) groups is 1. The predicted octanol–water partition coefficient (Wildman–Crippen LogP) is 2.16. The second-order valence-corrected chi connectivity index (χ2v) is 8.86. The molecule has 2 N–H and O–H groups in total. The number of aromatic nitrogens is 2. The zero-order chi connectivity index (χ0) is 22.7. The Morgan fingerprint density at radius 3 is 2.94 bits per heavy atom. The van der Waals surface area contributed by atoms with Crippen LogP contribution >= 0.6 is 11.8 Å². The van der Waals surface area contributed by atoms with Gasteiger partial charge in [-0.2, -0.15) is 16.9 Å². The molecular formula is C22H27N5O4S. The molecule has 0 saturated carbocycles. The number of rotatable bonds is 8. The van der Waals surface area contributed by atoms with Gasteiger partial charge in [0.1, 0.15) is 18.1 Å². The molecule has 2 aliphatic heterocycles. The van der Waals surface area contributed by atoms with Crippen LogP contribution in [0.15, 0.2) is 24.3 Å². The highest BCUT2D eigenvalue weighted by atomic mass is 32.2. The lowest BCUT2D eigenvalue weighted by Crippen LogP contribution is -2.31. The van der Waals surface area contributed by atoms with E-state index in [1.54, 1.807) is 34.5 Å². The lowest BCUT2D eigenvalue weighted by Gasteiger charge is -2.18. The summed E-state index contributed by atoms with van der Waals surface area (Å²) in [5.74, 6) is 1.74. The molecule has 10 heteroatoms. The SMILES string of the molecule is CCCNC(=O)Cn1nc2c(c1NC(=O)C1CC(=O)N(c3cccc(OC)c3)C1)CSC2. The highest BCUT2D eigenvalue weighted by molar-refractivity contribution is 7.98. The number of nitrogens with zero attached hydrogens (tertiary/aromatic N) is 3. The summed E-state index contributed by atoms with van der Waals surface area (Å²) in [5.41, 5.74) is 2.56. The summed E-state index contributed by atoms with van der Waals surface area (Å²) in [5, 5.41) is 10.4. The van der Waals surface area contributed by atoms with Crippen molar-refractivity contribution in [1.82, 2.24) is 15.1 Å². The van der Waals surface area contributed by atoms with E-state index in [1.165, 1.54) is 0 Å². The van der Waals surface area contributed by atoms with Crippen molar-refractivity contribution in [2.75, 3.05) is 30.4 Å². The van der Waals surface area contributed by atoms with E-state index in [2.05, 4.69) is 15.7 Å². The molecule has 3 amide bonds. The Morgan fingerprint density at radius 2 is 2.16 bits per heavy atom. The van der Waals surface area contributed by atoms with Crippen LogP contribution in [-0.4, -0.2) is 47.7 Å². The van der Waals surface area contributed by atoms with Gasteiger partial charge < -0.3 is 20.3 Å². The van der Waals surface area contributed by atoms with Gasteiger partial charge in [-0.15, -0.1) is 0 Å². The Kier molecular flexibility index (Phi) is 6.69. The first-order valence-corrected chi connectivity index (χ1v) is 11.8. The first-order chi connectivity index (χ1) is 15.5. The fraction of sp³-hybridized carbons (Fsp3) is 0.455. The predicted molar refractivity (Wildman–Crippen MR) is 123 cm³/mol. The zero-order valence-corrected chi connectivity index (χ0v) is 19.0. The quantitative estimate of drug-likeness (QED) is 0.629. The summed E-state index contributed by atoms with van der Waals surface area (Å²) in [6.45, 7) is 2.93. The van der Waals surface area contributed by atoms with Crippen molar-refractivity contribution in [2.45, 2.75) is 37.8 Å². The second kappa shape index (κ2) is 9.64. The van der Waals surface area contributed by atoms with Crippen LogP contribution in [0.4, 0.5) is 11.5 Å². The molecule has 170 valence electrons. The summed E-state index contributed by atoms with van der Waals surface area (Å²) in [6, 6.07) is 7.24. The van der Waals surface area contributed by atoms with Gasteiger partial charge in [0.15, 0.2) is 0 Å². The van der Waals surface area contributed by atoms with Crippen LogP contribution in [0.1, 0.15) is 31.0 Å². The van der Waals surface area contributed by atoms with Crippen LogP contribution in [0.3, 0.4) is 0 Å². The summed E-state index contributed by atoms with van der Waals surface area (Å²) >= 11 is 1.72. The van der Waals surface area contributed by atoms with E-state index in [4.69, 9.17) is 4.74 Å². The Balaban J connectivity index is 1.48. The number of benzene rings is 1. The van der Waals surface area contributed by atoms with E-state index in [-0.39, 0.29) is 30.7 Å². The normalized spacial score (nSPS) is 17.4. The number of anilines is 2. The molecule has 32 heavy (non-hydrogen) atoms. The van der Waals surface area contributed by atoms with Crippen LogP contribution in [0.2, 0.25) is 0 Å². The standard InChI is InChI=1S/C22H27N5O4S/c1-3-7-23-19(28)11-27-21(17-12-32-13-18(17)25-27)24-22(30)14-8-20(29)26(10-14)15-5-4-6-16(9-15)31-2/h4-6,9,14H,3,7-8,10-13H2,1-2H3,(H,23,28)(H,24,30). The number of methoxy groups -OCH3 is 1. The lowest BCUT2D eigenvalue weighted by molar-refractivity contribution is -0.122. The van der Waals surface area contributed by atoms with Gasteiger partial charge in [-0.1, -0.05) is 13.0 Å². The van der Waals surface area contributed by atoms with Crippen LogP contribution in [-0.2, 0) is 32.4 Å². The van der Waals surface area contributed by atoms with Crippen LogP contribution < -0.4 is 20.3 Å². The van der Waals surface area contributed by atoms with E-state index >= 15 is 0 Å². The molecule has 1 atom stereocenters. The third kappa shape index (κ3) is 4.59. The second-order valence-electron chi connectivity index (χ2n) is 7.87. The number of hydrogen-bond acceptors (Lipinski definition) is 6. The molecular weight excluding hydrogens is 430 g/mol. The van der Waals surface area contributed by atoms with Gasteiger partial charge in [0.25, 0.3) is 0 Å². The van der Waals surface area contributed by atoms with Crippen LogP contribution in [0.25, 0.3) is 0 Å². The molecule has 2 aliphatic rings. The molecule has 0 spiro atoms. The third-order valence-corrected chi connectivity index (χ3v) is 6.56. The fourth-order valence-corrected chi connectivity index (χ4v) is 4.94. The van der Waals surface area contributed by atoms with Crippen molar-refractivity contribution in [3.63, 3.8) is 0 Å². The van der Waals surface area contributed by atoms with Gasteiger partial charge in [0.05, 0.1) is 18.7 Å². The maximum Gasteiger partial charge on any atom is 0.241 e. The minimum absolute atomic E-state index is 0.0484. The van der Waals surface area contributed by atoms with Crippen molar-refractivity contribution < 1.29 is 19.1 Å². The van der Waals surface area contributed by atoms with Gasteiger partial charge in [0, 0.05) is 48.3 Å². The number of ether oxygens (including phenoxy) is 1. The number of nitrogens with one attached hydrogen (secondary N) is 2. The molecule has 1 fully saturated rings. The van der Waals surface area contributed by atoms with Crippen LogP contribution in [0, 0.1) is 5.92 Å². The topological polar surface area (TPSA) is 106 Å². The molecule has 4 rings (SSSR count). The van der Waals surface area contributed by atoms with E-state index < -0.39 is 5.92 Å². The fourth-order valence-electron chi connectivity index (χ4n) is 3.91. The summed E-state index contributed by atoms with van der Waals surface area (Å²) in [6.07, 6.45) is 0.978. The van der Waals surface area contributed by atoms with E-state index in [0.29, 0.717) is 30.3 Å². The minimum Gasteiger partial charge on any atom is -0.497 e. The molecule has 1 unspecified atom stereocenters. The van der Waals surface area contributed by atoms with Crippen LogP contribution in [0.5, 0.6) is 5.75 Å². The van der Waals surface area contributed by atoms with Gasteiger partial charge in [0.2, 0.25) is 17.7 Å². The van der Waals surface area contributed by atoms with E-state index in [9.17, 15) is 14.4 Å². The molecule has 2 aromatic rings. The summed E-state index contributed by atoms with van der Waals surface area (Å²) < 4.78 is 6.82. The maximum atomic E-state index is 13.1. The van der Waals surface area contributed by atoms with E-state index in [0.717, 1.165) is 29.2 Å². The summed E-state index contributed by atoms with van der Waals surface area (Å²) in [4.78, 5) is 39.6. The van der Waals surface area contributed by atoms with Crippen molar-refractivity contribution in [2.24, 2.45) is 5.92 Å². The van der Waals surface area contributed by atoms with Crippen molar-refractivity contribution in [3.05, 3.63) is 35.5 Å². The van der Waals surface area contributed by atoms with Gasteiger partial charge in [-0.05, 0) is 18.6 Å².